The molecule has 0 saturated heterocycles. The zero-order chi connectivity index (χ0) is 26.0. The van der Waals surface area contributed by atoms with E-state index in [2.05, 4.69) is 5.32 Å². The molecule has 1 atom stereocenters. The predicted octanol–water partition coefficient (Wildman–Crippen LogP) is 4.49. The quantitative estimate of drug-likeness (QED) is 0.453. The largest absolute Gasteiger partial charge is 0.352 e. The number of para-hydroxylation sites is 1. The molecule has 0 bridgehead atoms. The summed E-state index contributed by atoms with van der Waals surface area (Å²) in [6.45, 7) is 2.46. The lowest BCUT2D eigenvalue weighted by molar-refractivity contribution is -0.141. The van der Waals surface area contributed by atoms with Crippen molar-refractivity contribution in [2.24, 2.45) is 0 Å². The monoisotopic (exact) mass is 513 g/mol. The second kappa shape index (κ2) is 13.4. The molecule has 0 heterocycles. The molecule has 0 aromatic heterocycles. The van der Waals surface area contributed by atoms with E-state index in [0.717, 1.165) is 31.2 Å². The van der Waals surface area contributed by atoms with Crippen LogP contribution in [-0.2, 0) is 26.2 Å². The van der Waals surface area contributed by atoms with E-state index in [4.69, 9.17) is 0 Å². The van der Waals surface area contributed by atoms with Gasteiger partial charge in [-0.15, -0.1) is 0 Å². The predicted molar refractivity (Wildman–Crippen MR) is 144 cm³/mol. The van der Waals surface area contributed by atoms with Gasteiger partial charge in [0.05, 0.1) is 11.9 Å². The number of sulfonamides is 1. The van der Waals surface area contributed by atoms with Crippen LogP contribution in [0.25, 0.3) is 0 Å². The summed E-state index contributed by atoms with van der Waals surface area (Å²) in [4.78, 5) is 28.4. The normalized spacial score (nSPS) is 15.2. The molecule has 1 aliphatic carbocycles. The van der Waals surface area contributed by atoms with Crippen LogP contribution in [0.1, 0.15) is 63.9 Å². The molecular formula is C28H39N3O4S. The van der Waals surface area contributed by atoms with E-state index in [9.17, 15) is 18.0 Å². The Bertz CT molecular complexity index is 1070. The second-order valence-corrected chi connectivity index (χ2v) is 11.5. The summed E-state index contributed by atoms with van der Waals surface area (Å²) < 4.78 is 26.1. The van der Waals surface area contributed by atoms with Crippen molar-refractivity contribution in [2.75, 3.05) is 17.1 Å². The van der Waals surface area contributed by atoms with Crippen molar-refractivity contribution in [1.82, 2.24) is 10.2 Å². The maximum absolute atomic E-state index is 13.5. The van der Waals surface area contributed by atoms with Crippen molar-refractivity contribution in [3.63, 3.8) is 0 Å². The van der Waals surface area contributed by atoms with E-state index >= 15 is 0 Å². The van der Waals surface area contributed by atoms with Crippen LogP contribution in [0.15, 0.2) is 60.7 Å². The number of hydrogen-bond acceptors (Lipinski definition) is 4. The van der Waals surface area contributed by atoms with Gasteiger partial charge in [0.2, 0.25) is 21.8 Å². The van der Waals surface area contributed by atoms with Crippen molar-refractivity contribution >= 4 is 27.5 Å². The molecule has 1 fully saturated rings. The molecule has 7 nitrogen and oxygen atoms in total. The SMILES string of the molecule is CC[C@H](C(=O)NC1CCCCC1)N(Cc1ccccc1)C(=O)CCCN(c1ccccc1)S(C)(=O)=O. The van der Waals surface area contributed by atoms with E-state index in [1.165, 1.54) is 17.0 Å². The third kappa shape index (κ3) is 8.08. The minimum Gasteiger partial charge on any atom is -0.352 e. The number of carbonyl (C=O) groups is 2. The lowest BCUT2D eigenvalue weighted by Crippen LogP contribution is -2.51. The van der Waals surface area contributed by atoms with Crippen LogP contribution in [0.3, 0.4) is 0 Å². The molecule has 0 radical (unpaired) electrons. The first-order chi connectivity index (χ1) is 17.3. The first-order valence-electron chi connectivity index (χ1n) is 13.0. The van der Waals surface area contributed by atoms with Gasteiger partial charge in [0.25, 0.3) is 0 Å². The molecule has 0 spiro atoms. The van der Waals surface area contributed by atoms with Crippen LogP contribution in [0.2, 0.25) is 0 Å². The van der Waals surface area contributed by atoms with Crippen molar-refractivity contribution < 1.29 is 18.0 Å². The molecule has 3 rings (SSSR count). The van der Waals surface area contributed by atoms with Gasteiger partial charge < -0.3 is 10.2 Å². The highest BCUT2D eigenvalue weighted by Gasteiger charge is 2.30. The van der Waals surface area contributed by atoms with Gasteiger partial charge in [-0.25, -0.2) is 8.42 Å². The smallest absolute Gasteiger partial charge is 0.243 e. The number of anilines is 1. The summed E-state index contributed by atoms with van der Waals surface area (Å²) in [6.07, 6.45) is 7.59. The zero-order valence-electron chi connectivity index (χ0n) is 21.4. The fourth-order valence-corrected chi connectivity index (χ4v) is 5.81. The molecule has 8 heteroatoms. The van der Waals surface area contributed by atoms with Crippen molar-refractivity contribution in [3.05, 3.63) is 66.2 Å². The highest BCUT2D eigenvalue weighted by atomic mass is 32.2. The molecule has 196 valence electrons. The van der Waals surface area contributed by atoms with E-state index < -0.39 is 16.1 Å². The number of benzene rings is 2. The maximum atomic E-state index is 13.5. The molecule has 2 aromatic carbocycles. The Labute approximate surface area is 215 Å². The maximum Gasteiger partial charge on any atom is 0.243 e. The Balaban J connectivity index is 1.72. The number of carbonyl (C=O) groups excluding carboxylic acids is 2. The van der Waals surface area contributed by atoms with Gasteiger partial charge in [0.1, 0.15) is 6.04 Å². The molecule has 36 heavy (non-hydrogen) atoms. The molecule has 2 aromatic rings. The highest BCUT2D eigenvalue weighted by Crippen LogP contribution is 2.21. The fraction of sp³-hybridized carbons (Fsp3) is 0.500. The topological polar surface area (TPSA) is 86.8 Å². The summed E-state index contributed by atoms with van der Waals surface area (Å²) in [7, 11) is -3.49. The van der Waals surface area contributed by atoms with Crippen LogP contribution in [-0.4, -0.2) is 50.0 Å². The fourth-order valence-electron chi connectivity index (χ4n) is 4.84. The van der Waals surface area contributed by atoms with Crippen LogP contribution < -0.4 is 9.62 Å². The lowest BCUT2D eigenvalue weighted by Gasteiger charge is -2.33. The van der Waals surface area contributed by atoms with E-state index in [1.54, 1.807) is 29.2 Å². The summed E-state index contributed by atoms with van der Waals surface area (Å²) in [6, 6.07) is 18.2. The van der Waals surface area contributed by atoms with Gasteiger partial charge in [-0.3, -0.25) is 13.9 Å². The van der Waals surface area contributed by atoms with E-state index in [1.807, 2.05) is 43.3 Å². The Morgan fingerprint density at radius 1 is 0.972 bits per heavy atom. The Hall–Kier alpha value is -2.87. The highest BCUT2D eigenvalue weighted by molar-refractivity contribution is 7.92. The van der Waals surface area contributed by atoms with Gasteiger partial charge in [-0.05, 0) is 43.4 Å². The Kier molecular flexibility index (Phi) is 10.3. The van der Waals surface area contributed by atoms with E-state index in [0.29, 0.717) is 25.1 Å². The van der Waals surface area contributed by atoms with Crippen LogP contribution in [0.5, 0.6) is 0 Å². The van der Waals surface area contributed by atoms with Crippen LogP contribution >= 0.6 is 0 Å². The number of nitrogens with one attached hydrogen (secondary N) is 1. The molecule has 2 amide bonds. The van der Waals surface area contributed by atoms with Crippen LogP contribution in [0.4, 0.5) is 5.69 Å². The summed E-state index contributed by atoms with van der Waals surface area (Å²) >= 11 is 0. The summed E-state index contributed by atoms with van der Waals surface area (Å²) in [5.41, 5.74) is 1.53. The standard InChI is InChI=1S/C28H39N3O4S/c1-3-26(28(33)29-24-16-9-5-10-17-24)30(22-23-14-7-4-8-15-23)27(32)20-13-21-31(36(2,34)35)25-18-11-6-12-19-25/h4,6-8,11-12,14-15,18-19,24,26H,3,5,9-10,13,16-17,20-22H2,1-2H3,(H,29,33)/t26-/m1/s1. The second-order valence-electron chi connectivity index (χ2n) is 9.55. The molecule has 1 N–H and O–H groups in total. The number of rotatable bonds is 12. The number of nitrogens with zero attached hydrogens (tertiary/aromatic N) is 2. The summed E-state index contributed by atoms with van der Waals surface area (Å²) in [5.74, 6) is -0.248. The van der Waals surface area contributed by atoms with Crippen molar-refractivity contribution in [2.45, 2.75) is 76.9 Å². The average molecular weight is 514 g/mol. The summed E-state index contributed by atoms with van der Waals surface area (Å²) in [5, 5.41) is 3.19. The van der Waals surface area contributed by atoms with Gasteiger partial charge >= 0.3 is 0 Å². The van der Waals surface area contributed by atoms with Crippen molar-refractivity contribution in [1.29, 1.82) is 0 Å². The molecule has 0 unspecified atom stereocenters. The number of hydrogen-bond donors (Lipinski definition) is 1. The first-order valence-corrected chi connectivity index (χ1v) is 14.8. The third-order valence-electron chi connectivity index (χ3n) is 6.73. The molecular weight excluding hydrogens is 474 g/mol. The van der Waals surface area contributed by atoms with Gasteiger partial charge in [0, 0.05) is 25.6 Å². The minimum atomic E-state index is -3.49. The van der Waals surface area contributed by atoms with Gasteiger partial charge in [-0.1, -0.05) is 74.7 Å². The molecule has 1 saturated carbocycles. The Morgan fingerprint density at radius 2 is 1.58 bits per heavy atom. The average Bonchev–Trinajstić information content (AvgIpc) is 2.87. The number of amides is 2. The molecule has 0 aliphatic heterocycles. The Morgan fingerprint density at radius 3 is 2.17 bits per heavy atom. The lowest BCUT2D eigenvalue weighted by atomic mass is 9.95. The minimum absolute atomic E-state index is 0.101. The molecule has 1 aliphatic rings. The van der Waals surface area contributed by atoms with Crippen molar-refractivity contribution in [3.8, 4) is 0 Å². The van der Waals surface area contributed by atoms with Gasteiger partial charge in [0.15, 0.2) is 0 Å². The van der Waals surface area contributed by atoms with Crippen LogP contribution in [0, 0.1) is 0 Å². The van der Waals surface area contributed by atoms with E-state index in [-0.39, 0.29) is 30.8 Å². The third-order valence-corrected chi connectivity index (χ3v) is 7.92. The van der Waals surface area contributed by atoms with Gasteiger partial charge in [-0.2, -0.15) is 0 Å². The zero-order valence-corrected chi connectivity index (χ0v) is 22.3. The first kappa shape index (κ1) is 27.7.